The van der Waals surface area contributed by atoms with Gasteiger partial charge < -0.3 is 5.73 Å². The molecular formula is C16H32N2. The van der Waals surface area contributed by atoms with E-state index in [1.165, 1.54) is 51.5 Å². The molecule has 2 aliphatic rings. The zero-order valence-electron chi connectivity index (χ0n) is 12.6. The molecule has 2 aliphatic carbocycles. The summed E-state index contributed by atoms with van der Waals surface area (Å²) in [6, 6.07) is 0.854. The second-order valence-corrected chi connectivity index (χ2v) is 7.06. The number of rotatable bonds is 6. The Balaban J connectivity index is 2.09. The number of nitrogens with zero attached hydrogens (tertiary/aromatic N) is 1. The number of hydrogen-bond acceptors (Lipinski definition) is 2. The number of nitrogens with two attached hydrogens (primary N) is 1. The molecule has 2 unspecified atom stereocenters. The highest BCUT2D eigenvalue weighted by atomic mass is 15.3. The summed E-state index contributed by atoms with van der Waals surface area (Å²) >= 11 is 0. The Labute approximate surface area is 113 Å². The Morgan fingerprint density at radius 2 is 1.94 bits per heavy atom. The van der Waals surface area contributed by atoms with Crippen LogP contribution in [0.2, 0.25) is 0 Å². The van der Waals surface area contributed by atoms with Crippen LogP contribution in [0.15, 0.2) is 0 Å². The zero-order valence-corrected chi connectivity index (χ0v) is 12.6. The Bertz CT molecular complexity index is 260. The van der Waals surface area contributed by atoms with E-state index < -0.39 is 0 Å². The van der Waals surface area contributed by atoms with Crippen molar-refractivity contribution in [2.45, 2.75) is 77.3 Å². The highest BCUT2D eigenvalue weighted by Gasteiger charge is 2.47. The van der Waals surface area contributed by atoms with E-state index in [1.54, 1.807) is 0 Å². The van der Waals surface area contributed by atoms with Gasteiger partial charge in [0, 0.05) is 18.1 Å². The minimum atomic E-state index is 0.328. The first kappa shape index (κ1) is 14.3. The fourth-order valence-corrected chi connectivity index (χ4v) is 3.80. The van der Waals surface area contributed by atoms with Crippen LogP contribution in [0.4, 0.5) is 0 Å². The molecule has 0 aromatic carbocycles. The molecule has 0 radical (unpaired) electrons. The van der Waals surface area contributed by atoms with E-state index in [4.69, 9.17) is 5.73 Å². The maximum absolute atomic E-state index is 6.26. The summed E-state index contributed by atoms with van der Waals surface area (Å²) in [5.74, 6) is 1.59. The Hall–Kier alpha value is -0.0800. The van der Waals surface area contributed by atoms with Crippen LogP contribution in [-0.4, -0.2) is 29.6 Å². The summed E-state index contributed by atoms with van der Waals surface area (Å²) in [5, 5.41) is 0. The molecular weight excluding hydrogens is 220 g/mol. The van der Waals surface area contributed by atoms with Gasteiger partial charge in [-0.2, -0.15) is 0 Å². The van der Waals surface area contributed by atoms with Crippen molar-refractivity contribution in [1.29, 1.82) is 0 Å². The first-order valence-corrected chi connectivity index (χ1v) is 8.07. The molecule has 2 heteroatoms. The molecule has 2 saturated carbocycles. The van der Waals surface area contributed by atoms with Gasteiger partial charge in [-0.05, 0) is 50.5 Å². The maximum atomic E-state index is 6.26. The summed E-state index contributed by atoms with van der Waals surface area (Å²) in [6.07, 6.45) is 9.64. The third-order valence-corrected chi connectivity index (χ3v) is 5.27. The molecule has 0 aromatic heterocycles. The molecule has 0 heterocycles. The lowest BCUT2D eigenvalue weighted by molar-refractivity contribution is 0.00338. The molecule has 0 aliphatic heterocycles. The quantitative estimate of drug-likeness (QED) is 0.785. The van der Waals surface area contributed by atoms with Crippen molar-refractivity contribution < 1.29 is 0 Å². The molecule has 106 valence electrons. The van der Waals surface area contributed by atoms with Gasteiger partial charge >= 0.3 is 0 Å². The smallest absolute Gasteiger partial charge is 0.0360 e. The van der Waals surface area contributed by atoms with E-state index >= 15 is 0 Å². The molecule has 0 bridgehead atoms. The van der Waals surface area contributed by atoms with Gasteiger partial charge in [0.15, 0.2) is 0 Å². The third kappa shape index (κ3) is 2.91. The van der Waals surface area contributed by atoms with Crippen molar-refractivity contribution in [3.63, 3.8) is 0 Å². The van der Waals surface area contributed by atoms with Gasteiger partial charge in [-0.3, -0.25) is 4.90 Å². The second kappa shape index (κ2) is 5.92. The maximum Gasteiger partial charge on any atom is 0.0360 e. The molecule has 0 aromatic rings. The van der Waals surface area contributed by atoms with Gasteiger partial charge in [-0.15, -0.1) is 0 Å². The van der Waals surface area contributed by atoms with Crippen LogP contribution in [0.5, 0.6) is 0 Å². The van der Waals surface area contributed by atoms with Crippen molar-refractivity contribution in [2.75, 3.05) is 13.1 Å². The van der Waals surface area contributed by atoms with Gasteiger partial charge in [0.2, 0.25) is 0 Å². The first-order chi connectivity index (χ1) is 8.60. The molecule has 2 nitrogen and oxygen atoms in total. The van der Waals surface area contributed by atoms with Crippen LogP contribution < -0.4 is 5.73 Å². The van der Waals surface area contributed by atoms with Gasteiger partial charge in [-0.25, -0.2) is 0 Å². The van der Waals surface area contributed by atoms with Crippen molar-refractivity contribution in [3.05, 3.63) is 0 Å². The standard InChI is InChI=1S/C16H32N2/c1-13(2)9-11-18(15-7-8-15)16(12-17)10-5-4-6-14(16)3/h13-15H,4-12,17H2,1-3H3. The van der Waals surface area contributed by atoms with Crippen LogP contribution in [0.3, 0.4) is 0 Å². The van der Waals surface area contributed by atoms with Crippen molar-refractivity contribution in [1.82, 2.24) is 4.90 Å². The fraction of sp³-hybridized carbons (Fsp3) is 1.00. The predicted molar refractivity (Wildman–Crippen MR) is 78.6 cm³/mol. The number of hydrogen-bond donors (Lipinski definition) is 1. The highest BCUT2D eigenvalue weighted by Crippen LogP contribution is 2.43. The SMILES string of the molecule is CC(C)CCN(C1CC1)C1(CN)CCCCC1C. The molecule has 0 spiro atoms. The molecule has 0 amide bonds. The minimum absolute atomic E-state index is 0.328. The van der Waals surface area contributed by atoms with E-state index in [-0.39, 0.29) is 0 Å². The van der Waals surface area contributed by atoms with Gasteiger partial charge in [0.1, 0.15) is 0 Å². The monoisotopic (exact) mass is 252 g/mol. The van der Waals surface area contributed by atoms with E-state index in [1.807, 2.05) is 0 Å². The summed E-state index contributed by atoms with van der Waals surface area (Å²) in [4.78, 5) is 2.83. The lowest BCUT2D eigenvalue weighted by Crippen LogP contribution is -2.60. The lowest BCUT2D eigenvalue weighted by atomic mass is 9.72. The van der Waals surface area contributed by atoms with Gasteiger partial charge in [0.25, 0.3) is 0 Å². The normalized spacial score (nSPS) is 33.3. The molecule has 0 saturated heterocycles. The van der Waals surface area contributed by atoms with Gasteiger partial charge in [-0.1, -0.05) is 33.6 Å². The molecule has 18 heavy (non-hydrogen) atoms. The van der Waals surface area contributed by atoms with E-state index in [0.717, 1.165) is 24.4 Å². The summed E-state index contributed by atoms with van der Waals surface area (Å²) in [7, 11) is 0. The first-order valence-electron chi connectivity index (χ1n) is 8.07. The van der Waals surface area contributed by atoms with Crippen LogP contribution in [0.1, 0.15) is 65.7 Å². The Morgan fingerprint density at radius 1 is 1.22 bits per heavy atom. The molecule has 2 atom stereocenters. The Morgan fingerprint density at radius 3 is 2.44 bits per heavy atom. The van der Waals surface area contributed by atoms with Crippen LogP contribution in [0.25, 0.3) is 0 Å². The summed E-state index contributed by atoms with van der Waals surface area (Å²) < 4.78 is 0. The Kier molecular flexibility index (Phi) is 4.71. The minimum Gasteiger partial charge on any atom is -0.329 e. The van der Waals surface area contributed by atoms with Crippen LogP contribution >= 0.6 is 0 Å². The average Bonchev–Trinajstić information content (AvgIpc) is 3.15. The predicted octanol–water partition coefficient (Wildman–Crippen LogP) is 3.40. The second-order valence-electron chi connectivity index (χ2n) is 7.06. The molecule has 2 N–H and O–H groups in total. The lowest BCUT2D eigenvalue weighted by Gasteiger charge is -2.51. The van der Waals surface area contributed by atoms with Crippen molar-refractivity contribution in [2.24, 2.45) is 17.6 Å². The molecule has 2 rings (SSSR count). The van der Waals surface area contributed by atoms with E-state index in [2.05, 4.69) is 25.7 Å². The van der Waals surface area contributed by atoms with Crippen molar-refractivity contribution >= 4 is 0 Å². The summed E-state index contributed by atoms with van der Waals surface area (Å²) in [5.41, 5.74) is 6.59. The van der Waals surface area contributed by atoms with Crippen LogP contribution in [-0.2, 0) is 0 Å². The topological polar surface area (TPSA) is 29.3 Å². The van der Waals surface area contributed by atoms with Crippen molar-refractivity contribution in [3.8, 4) is 0 Å². The molecule has 2 fully saturated rings. The third-order valence-electron chi connectivity index (χ3n) is 5.27. The van der Waals surface area contributed by atoms with E-state index in [0.29, 0.717) is 5.54 Å². The zero-order chi connectivity index (χ0) is 13.2. The van der Waals surface area contributed by atoms with Crippen LogP contribution in [0, 0.1) is 11.8 Å². The summed E-state index contributed by atoms with van der Waals surface area (Å²) in [6.45, 7) is 9.25. The average molecular weight is 252 g/mol. The highest BCUT2D eigenvalue weighted by molar-refractivity contribution is 5.03. The largest absolute Gasteiger partial charge is 0.329 e. The fourth-order valence-electron chi connectivity index (χ4n) is 3.80. The van der Waals surface area contributed by atoms with E-state index in [9.17, 15) is 0 Å². The van der Waals surface area contributed by atoms with Gasteiger partial charge in [0.05, 0.1) is 0 Å².